The van der Waals surface area contributed by atoms with Crippen LogP contribution in [0.15, 0.2) is 29.2 Å². The molecule has 1 rings (SSSR count). The van der Waals surface area contributed by atoms with E-state index in [-0.39, 0.29) is 18.4 Å². The van der Waals surface area contributed by atoms with E-state index in [0.29, 0.717) is 11.5 Å². The van der Waals surface area contributed by atoms with E-state index >= 15 is 0 Å². The number of para-hydroxylation sites is 1. The number of hydrogen-bond donors (Lipinski definition) is 5. The van der Waals surface area contributed by atoms with Crippen molar-refractivity contribution in [3.8, 4) is 0 Å². The third-order valence-corrected chi connectivity index (χ3v) is 3.22. The van der Waals surface area contributed by atoms with Gasteiger partial charge in [0.15, 0.2) is 0 Å². The first-order valence-corrected chi connectivity index (χ1v) is 8.62. The number of thioether (sulfide) groups is 1. The Morgan fingerprint density at radius 2 is 1.85 bits per heavy atom. The number of aliphatic hydroxyl groups is 1. The molecule has 11 heteroatoms. The van der Waals surface area contributed by atoms with Gasteiger partial charge >= 0.3 is 0 Å². The molecule has 0 aliphatic carbocycles. The topological polar surface area (TPSA) is 182 Å². The molecule has 0 fully saturated rings. The molecule has 20 heavy (non-hydrogen) atoms. The Morgan fingerprint density at radius 3 is 2.25 bits per heavy atom. The van der Waals surface area contributed by atoms with Crippen LogP contribution in [0.4, 0.5) is 5.69 Å². The van der Waals surface area contributed by atoms with E-state index in [2.05, 4.69) is 23.8 Å². The fourth-order valence-corrected chi connectivity index (χ4v) is 2.05. The highest BCUT2D eigenvalue weighted by Gasteiger charge is 2.03. The van der Waals surface area contributed by atoms with Crippen LogP contribution >= 0.6 is 24.4 Å². The summed E-state index contributed by atoms with van der Waals surface area (Å²) < 4.78 is 26.7. The summed E-state index contributed by atoms with van der Waals surface area (Å²) in [6.45, 7) is 0. The SMILES string of the molecule is Nc1ccccc1SCC(O)CS.O=S([O-])([O-])=S.[NH4+].[NH4+]. The number of anilines is 1. The quantitative estimate of drug-likeness (QED) is 0.304. The predicted octanol–water partition coefficient (Wildman–Crippen LogP) is 1.40. The molecule has 0 bridgehead atoms. The van der Waals surface area contributed by atoms with Crippen molar-refractivity contribution in [2.45, 2.75) is 11.0 Å². The summed E-state index contributed by atoms with van der Waals surface area (Å²) in [5.41, 5.74) is 6.49. The average molecular weight is 364 g/mol. The third kappa shape index (κ3) is 15.9. The molecule has 120 valence electrons. The zero-order chi connectivity index (χ0) is 14.2. The van der Waals surface area contributed by atoms with Gasteiger partial charge < -0.3 is 32.2 Å². The van der Waals surface area contributed by atoms with Crippen molar-refractivity contribution in [3.63, 3.8) is 0 Å². The monoisotopic (exact) mass is 363 g/mol. The van der Waals surface area contributed by atoms with Gasteiger partial charge in [0.1, 0.15) is 0 Å². The summed E-state index contributed by atoms with van der Waals surface area (Å²) in [7, 11) is -4.33. The lowest BCUT2D eigenvalue weighted by Crippen LogP contribution is -2.11. The maximum atomic E-state index is 9.27. The van der Waals surface area contributed by atoms with Crippen LogP contribution in [0.25, 0.3) is 0 Å². The summed E-state index contributed by atoms with van der Waals surface area (Å²) >= 11 is 8.79. The average Bonchev–Trinajstić information content (AvgIpc) is 2.25. The molecule has 1 aromatic carbocycles. The van der Waals surface area contributed by atoms with E-state index in [9.17, 15) is 5.11 Å². The fourth-order valence-electron chi connectivity index (χ4n) is 0.851. The van der Waals surface area contributed by atoms with E-state index in [1.807, 2.05) is 24.3 Å². The minimum absolute atomic E-state index is 0. The van der Waals surface area contributed by atoms with Crippen molar-refractivity contribution in [3.05, 3.63) is 24.3 Å². The van der Waals surface area contributed by atoms with Crippen molar-refractivity contribution in [2.24, 2.45) is 0 Å². The van der Waals surface area contributed by atoms with Crippen LogP contribution in [0.1, 0.15) is 0 Å². The number of rotatable bonds is 4. The largest absolute Gasteiger partial charge is 0.780 e. The predicted molar refractivity (Wildman–Crippen MR) is 90.5 cm³/mol. The summed E-state index contributed by atoms with van der Waals surface area (Å²) in [6.07, 6.45) is -0.368. The summed E-state index contributed by atoms with van der Waals surface area (Å²) in [5, 5.41) is 9.27. The summed E-state index contributed by atoms with van der Waals surface area (Å²) in [4.78, 5) is 1.02. The molecule has 0 amide bonds. The van der Waals surface area contributed by atoms with Gasteiger partial charge in [-0.05, 0) is 23.3 Å². The van der Waals surface area contributed by atoms with Crippen LogP contribution in [0.3, 0.4) is 0 Å². The molecule has 1 unspecified atom stereocenters. The van der Waals surface area contributed by atoms with E-state index in [0.717, 1.165) is 10.6 Å². The van der Waals surface area contributed by atoms with Gasteiger partial charge in [0.2, 0.25) is 0 Å². The molecule has 0 aromatic heterocycles. The van der Waals surface area contributed by atoms with Crippen molar-refractivity contribution in [1.82, 2.24) is 12.3 Å². The van der Waals surface area contributed by atoms with Gasteiger partial charge in [-0.3, -0.25) is 4.21 Å². The molecule has 1 aromatic rings. The second-order valence-corrected chi connectivity index (χ2v) is 6.56. The van der Waals surface area contributed by atoms with Crippen LogP contribution in [0, 0.1) is 0 Å². The van der Waals surface area contributed by atoms with E-state index < -0.39 is 9.05 Å². The van der Waals surface area contributed by atoms with Crippen molar-refractivity contribution in [2.75, 3.05) is 17.2 Å². The van der Waals surface area contributed by atoms with Gasteiger partial charge in [-0.2, -0.15) is 12.6 Å². The van der Waals surface area contributed by atoms with Gasteiger partial charge in [0.25, 0.3) is 0 Å². The second-order valence-electron chi connectivity index (χ2n) is 3.09. The Morgan fingerprint density at radius 1 is 1.40 bits per heavy atom. The van der Waals surface area contributed by atoms with Crippen LogP contribution < -0.4 is 18.0 Å². The molecular weight excluding hydrogens is 342 g/mol. The highest BCUT2D eigenvalue weighted by molar-refractivity contribution is 8.26. The zero-order valence-corrected chi connectivity index (χ0v) is 14.6. The molecule has 0 radical (unpaired) electrons. The molecule has 0 aliphatic rings. The van der Waals surface area contributed by atoms with Gasteiger partial charge in [-0.1, -0.05) is 12.1 Å². The van der Waals surface area contributed by atoms with Gasteiger partial charge in [-0.25, -0.2) is 0 Å². The molecular formula is C9H21N3O4S4. The minimum atomic E-state index is -4.33. The Hall–Kier alpha value is -0.110. The fraction of sp³-hybridized carbons (Fsp3) is 0.333. The van der Waals surface area contributed by atoms with Gasteiger partial charge in [0.05, 0.1) is 6.10 Å². The lowest BCUT2D eigenvalue weighted by molar-refractivity contribution is 0.225. The molecule has 0 saturated carbocycles. The maximum Gasteiger partial charge on any atom is 0.0721 e. The van der Waals surface area contributed by atoms with Crippen LogP contribution in [-0.2, 0) is 20.2 Å². The van der Waals surface area contributed by atoms with Gasteiger partial charge in [-0.15, -0.1) is 20.8 Å². The molecule has 1 atom stereocenters. The standard InChI is InChI=1S/C9H13NOS2.2H3N.H2O3S2/c10-8-3-1-2-4-9(8)13-6-7(11)5-12;;;1-5(2,3)4/h1-4,7,11-12H,5-6,10H2;2*1H3;(H2,1,2,3,4). The second kappa shape index (κ2) is 12.6. The molecule has 0 aliphatic heterocycles. The third-order valence-electron chi connectivity index (χ3n) is 1.56. The number of aliphatic hydroxyl groups excluding tert-OH is 1. The number of nitrogens with two attached hydrogens (primary N) is 1. The Bertz CT molecular complexity index is 450. The van der Waals surface area contributed by atoms with Crippen LogP contribution in [0.5, 0.6) is 0 Å². The number of benzene rings is 1. The van der Waals surface area contributed by atoms with Crippen molar-refractivity contribution in [1.29, 1.82) is 0 Å². The Labute approximate surface area is 133 Å². The summed E-state index contributed by atoms with van der Waals surface area (Å²) in [5.74, 6) is 1.12. The van der Waals surface area contributed by atoms with Crippen LogP contribution in [-0.4, -0.2) is 36.0 Å². The summed E-state index contributed by atoms with van der Waals surface area (Å²) in [6, 6.07) is 7.64. The highest BCUT2D eigenvalue weighted by Crippen LogP contribution is 2.24. The van der Waals surface area contributed by atoms with Crippen molar-refractivity contribution < 1.29 is 18.4 Å². The Kier molecular flexibility index (Phi) is 15.7. The van der Waals surface area contributed by atoms with Gasteiger partial charge in [0, 0.05) is 22.1 Å². The number of thiol groups is 1. The Balaban J connectivity index is -0.000000361. The van der Waals surface area contributed by atoms with E-state index in [4.69, 9.17) is 19.0 Å². The smallest absolute Gasteiger partial charge is 0.0721 e. The first kappa shape index (κ1) is 24.9. The van der Waals surface area contributed by atoms with Crippen LogP contribution in [0.2, 0.25) is 0 Å². The maximum absolute atomic E-state index is 9.27. The normalized spacial score (nSPS) is 11.2. The van der Waals surface area contributed by atoms with E-state index in [1.54, 1.807) is 11.8 Å². The lowest BCUT2D eigenvalue weighted by atomic mass is 10.3. The number of quaternary nitrogens is 2. The lowest BCUT2D eigenvalue weighted by Gasteiger charge is -2.12. The highest BCUT2D eigenvalue weighted by atomic mass is 32.9. The molecule has 0 spiro atoms. The minimum Gasteiger partial charge on any atom is -0.780 e. The molecule has 0 heterocycles. The molecule has 0 saturated heterocycles. The number of nitrogen functional groups attached to an aromatic ring is 1. The first-order chi connectivity index (χ1) is 8.24. The zero-order valence-electron chi connectivity index (χ0n) is 11.2. The molecule has 11 N–H and O–H groups in total. The number of hydrogen-bond acceptors (Lipinski definition) is 8. The van der Waals surface area contributed by atoms with Crippen molar-refractivity contribution >= 4 is 50.3 Å². The van der Waals surface area contributed by atoms with E-state index in [1.165, 1.54) is 0 Å². The molecule has 7 nitrogen and oxygen atoms in total. The first-order valence-electron chi connectivity index (χ1n) is 4.67.